The molecule has 1 saturated heterocycles. The molecule has 0 amide bonds. The maximum atomic E-state index is 9.99. The highest BCUT2D eigenvalue weighted by Crippen LogP contribution is 2.24. The van der Waals surface area contributed by atoms with Crippen LogP contribution in [0.15, 0.2) is 18.2 Å². The van der Waals surface area contributed by atoms with Gasteiger partial charge in [-0.1, -0.05) is 17.9 Å². The van der Waals surface area contributed by atoms with Gasteiger partial charge in [0.15, 0.2) is 0 Å². The van der Waals surface area contributed by atoms with Crippen molar-refractivity contribution in [3.8, 4) is 17.6 Å². The molecule has 1 aliphatic rings. The molecule has 21 heavy (non-hydrogen) atoms. The van der Waals surface area contributed by atoms with E-state index >= 15 is 0 Å². The minimum atomic E-state index is -0.506. The zero-order valence-corrected chi connectivity index (χ0v) is 12.9. The van der Waals surface area contributed by atoms with Gasteiger partial charge in [0.05, 0.1) is 24.8 Å². The summed E-state index contributed by atoms with van der Waals surface area (Å²) in [6, 6.07) is 6.09. The lowest BCUT2D eigenvalue weighted by molar-refractivity contribution is -0.00730. The number of ether oxygens (including phenoxy) is 1. The summed E-state index contributed by atoms with van der Waals surface area (Å²) in [4.78, 5) is 2.36. The first kappa shape index (κ1) is 15.8. The first-order valence-corrected chi connectivity index (χ1v) is 7.35. The second kappa shape index (κ2) is 6.95. The highest BCUT2D eigenvalue weighted by atomic mass is 16.5. The molecule has 0 unspecified atom stereocenters. The second-order valence-electron chi connectivity index (χ2n) is 5.81. The Bertz CT molecular complexity index is 533. The van der Waals surface area contributed by atoms with Crippen LogP contribution in [0.4, 0.5) is 0 Å². The lowest BCUT2D eigenvalue weighted by Crippen LogP contribution is -2.41. The van der Waals surface area contributed by atoms with E-state index < -0.39 is 5.60 Å². The van der Waals surface area contributed by atoms with Crippen molar-refractivity contribution >= 4 is 0 Å². The zero-order chi connectivity index (χ0) is 15.3. The van der Waals surface area contributed by atoms with E-state index in [-0.39, 0.29) is 0 Å². The van der Waals surface area contributed by atoms with E-state index in [9.17, 15) is 5.11 Å². The zero-order valence-electron chi connectivity index (χ0n) is 12.9. The predicted octanol–water partition coefficient (Wildman–Crippen LogP) is 1.35. The minimum absolute atomic E-state index is 0.342. The van der Waals surface area contributed by atoms with Gasteiger partial charge in [0.25, 0.3) is 0 Å². The van der Waals surface area contributed by atoms with Crippen molar-refractivity contribution in [3.05, 3.63) is 29.3 Å². The van der Waals surface area contributed by atoms with E-state index in [2.05, 4.69) is 28.9 Å². The summed E-state index contributed by atoms with van der Waals surface area (Å²) in [6.45, 7) is 4.97. The Labute approximate surface area is 126 Å². The SMILES string of the molecule is COc1ccc(CN2CCC(C)(O)CC2)cc1C#CCN. The van der Waals surface area contributed by atoms with Gasteiger partial charge in [-0.3, -0.25) is 4.90 Å². The number of aliphatic hydroxyl groups is 1. The second-order valence-corrected chi connectivity index (χ2v) is 5.81. The Morgan fingerprint density at radius 2 is 2.10 bits per heavy atom. The Hall–Kier alpha value is -1.54. The highest BCUT2D eigenvalue weighted by Gasteiger charge is 2.27. The minimum Gasteiger partial charge on any atom is -0.495 e. The molecule has 4 nitrogen and oxygen atoms in total. The first-order chi connectivity index (χ1) is 10.0. The van der Waals surface area contributed by atoms with Gasteiger partial charge in [-0.2, -0.15) is 0 Å². The topological polar surface area (TPSA) is 58.7 Å². The molecule has 1 aromatic rings. The molecule has 1 aliphatic heterocycles. The molecule has 0 saturated carbocycles. The molecule has 0 aromatic heterocycles. The van der Waals surface area contributed by atoms with Gasteiger partial charge in [0, 0.05) is 19.6 Å². The molecule has 0 radical (unpaired) electrons. The van der Waals surface area contributed by atoms with Gasteiger partial charge in [0.1, 0.15) is 5.75 Å². The normalized spacial score (nSPS) is 17.9. The van der Waals surface area contributed by atoms with Crippen LogP contribution in [0.1, 0.15) is 30.9 Å². The molecular formula is C17H24N2O2. The van der Waals surface area contributed by atoms with Crippen molar-refractivity contribution in [3.63, 3.8) is 0 Å². The number of hydrogen-bond acceptors (Lipinski definition) is 4. The maximum absolute atomic E-state index is 9.99. The summed E-state index contributed by atoms with van der Waals surface area (Å²) < 4.78 is 5.32. The number of piperidine rings is 1. The van der Waals surface area contributed by atoms with E-state index in [4.69, 9.17) is 10.5 Å². The summed E-state index contributed by atoms with van der Waals surface area (Å²) in [6.07, 6.45) is 1.64. The van der Waals surface area contributed by atoms with E-state index in [0.717, 1.165) is 43.8 Å². The van der Waals surface area contributed by atoms with Gasteiger partial charge in [-0.25, -0.2) is 0 Å². The van der Waals surface area contributed by atoms with Gasteiger partial charge >= 0.3 is 0 Å². The van der Waals surface area contributed by atoms with Crippen LogP contribution in [0.5, 0.6) is 5.75 Å². The number of nitrogens with two attached hydrogens (primary N) is 1. The van der Waals surface area contributed by atoms with Crippen molar-refractivity contribution in [1.82, 2.24) is 4.90 Å². The van der Waals surface area contributed by atoms with Gasteiger partial charge in [0.2, 0.25) is 0 Å². The average Bonchev–Trinajstić information content (AvgIpc) is 2.47. The molecule has 0 atom stereocenters. The fourth-order valence-corrected chi connectivity index (χ4v) is 2.55. The summed E-state index contributed by atoms with van der Waals surface area (Å²) in [7, 11) is 1.65. The van der Waals surface area contributed by atoms with Crippen LogP contribution in [0, 0.1) is 11.8 Å². The smallest absolute Gasteiger partial charge is 0.134 e. The standard InChI is InChI=1S/C17H24N2O2/c1-17(20)7-10-19(11-8-17)13-14-5-6-16(21-2)15(12-14)4-3-9-18/h5-6,12,20H,7-11,13,18H2,1-2H3. The van der Waals surface area contributed by atoms with Crippen LogP contribution < -0.4 is 10.5 Å². The molecular weight excluding hydrogens is 264 g/mol. The Morgan fingerprint density at radius 3 is 2.71 bits per heavy atom. The van der Waals surface area contributed by atoms with E-state index in [1.54, 1.807) is 7.11 Å². The monoisotopic (exact) mass is 288 g/mol. The molecule has 114 valence electrons. The molecule has 1 fully saturated rings. The lowest BCUT2D eigenvalue weighted by atomic mass is 9.93. The van der Waals surface area contributed by atoms with Crippen LogP contribution in [0.25, 0.3) is 0 Å². The van der Waals surface area contributed by atoms with Crippen LogP contribution in [0.3, 0.4) is 0 Å². The molecule has 3 N–H and O–H groups in total. The lowest BCUT2D eigenvalue weighted by Gasteiger charge is -2.35. The predicted molar refractivity (Wildman–Crippen MR) is 84.1 cm³/mol. The van der Waals surface area contributed by atoms with Gasteiger partial charge in [-0.05, 0) is 37.5 Å². The Balaban J connectivity index is 2.07. The van der Waals surface area contributed by atoms with Crippen molar-refractivity contribution in [2.24, 2.45) is 5.73 Å². The highest BCUT2D eigenvalue weighted by molar-refractivity contribution is 5.48. The van der Waals surface area contributed by atoms with Crippen molar-refractivity contribution < 1.29 is 9.84 Å². The van der Waals surface area contributed by atoms with E-state index in [0.29, 0.717) is 6.54 Å². The molecule has 4 heteroatoms. The Kier molecular flexibility index (Phi) is 5.24. The largest absolute Gasteiger partial charge is 0.495 e. The number of nitrogens with zero attached hydrogens (tertiary/aromatic N) is 1. The number of methoxy groups -OCH3 is 1. The average molecular weight is 288 g/mol. The molecule has 0 aliphatic carbocycles. The molecule has 1 aromatic carbocycles. The fraction of sp³-hybridized carbons (Fsp3) is 0.529. The molecule has 0 spiro atoms. The van der Waals surface area contributed by atoms with Crippen LogP contribution in [-0.4, -0.2) is 42.4 Å². The third-order valence-electron chi connectivity index (χ3n) is 3.93. The van der Waals surface area contributed by atoms with Crippen LogP contribution >= 0.6 is 0 Å². The van der Waals surface area contributed by atoms with E-state index in [1.165, 1.54) is 5.56 Å². The maximum Gasteiger partial charge on any atom is 0.134 e. The summed E-state index contributed by atoms with van der Waals surface area (Å²) in [5.41, 5.74) is 7.01. The number of benzene rings is 1. The van der Waals surface area contributed by atoms with Crippen molar-refractivity contribution in [2.45, 2.75) is 31.9 Å². The molecule has 1 heterocycles. The quantitative estimate of drug-likeness (QED) is 0.824. The molecule has 0 bridgehead atoms. The first-order valence-electron chi connectivity index (χ1n) is 7.35. The van der Waals surface area contributed by atoms with E-state index in [1.807, 2.05) is 13.0 Å². The van der Waals surface area contributed by atoms with Crippen LogP contribution in [-0.2, 0) is 6.54 Å². The summed E-state index contributed by atoms with van der Waals surface area (Å²) in [5.74, 6) is 6.71. The van der Waals surface area contributed by atoms with Crippen molar-refractivity contribution in [1.29, 1.82) is 0 Å². The van der Waals surface area contributed by atoms with Gasteiger partial charge < -0.3 is 15.6 Å². The van der Waals surface area contributed by atoms with Crippen molar-refractivity contribution in [2.75, 3.05) is 26.7 Å². The molecule has 2 rings (SSSR count). The Morgan fingerprint density at radius 1 is 1.38 bits per heavy atom. The van der Waals surface area contributed by atoms with Gasteiger partial charge in [-0.15, -0.1) is 0 Å². The summed E-state index contributed by atoms with van der Waals surface area (Å²) in [5, 5.41) is 9.99. The number of hydrogen-bond donors (Lipinski definition) is 2. The third-order valence-corrected chi connectivity index (χ3v) is 3.93. The number of likely N-dealkylation sites (tertiary alicyclic amines) is 1. The fourth-order valence-electron chi connectivity index (χ4n) is 2.55. The van der Waals surface area contributed by atoms with Crippen LogP contribution in [0.2, 0.25) is 0 Å². The number of rotatable bonds is 3. The summed E-state index contributed by atoms with van der Waals surface area (Å²) >= 11 is 0. The third kappa shape index (κ3) is 4.47.